The van der Waals surface area contributed by atoms with Crippen LogP contribution in [0.15, 0.2) is 21.9 Å². The molecule has 0 amide bonds. The number of H-pyrrole nitrogens is 1. The highest BCUT2D eigenvalue weighted by atomic mass is 32.2. The van der Waals surface area contributed by atoms with Crippen LogP contribution in [0.1, 0.15) is 13.3 Å². The molecule has 0 spiro atoms. The van der Waals surface area contributed by atoms with Crippen molar-refractivity contribution in [3.05, 3.63) is 33.1 Å². The SMILES string of the molecule is CCCSn1ccc(=O)[nH]c1=O.NC(N)=S. The molecule has 6 nitrogen and oxygen atoms in total. The molecular formula is C8H14N4O2S2. The molecular weight excluding hydrogens is 248 g/mol. The third-order valence-corrected chi connectivity index (χ3v) is 2.38. The molecule has 0 radical (unpaired) electrons. The average Bonchev–Trinajstić information content (AvgIpc) is 2.15. The molecule has 1 aromatic heterocycles. The first-order valence-electron chi connectivity index (χ1n) is 4.47. The van der Waals surface area contributed by atoms with Crippen LogP contribution in [0.25, 0.3) is 0 Å². The molecule has 1 aromatic rings. The van der Waals surface area contributed by atoms with E-state index in [4.69, 9.17) is 0 Å². The molecule has 0 aliphatic rings. The quantitative estimate of drug-likeness (QED) is 0.642. The van der Waals surface area contributed by atoms with Crippen molar-refractivity contribution in [2.75, 3.05) is 5.75 Å². The second-order valence-electron chi connectivity index (χ2n) is 2.67. The summed E-state index contributed by atoms with van der Waals surface area (Å²) in [5.74, 6) is 0.867. The van der Waals surface area contributed by atoms with Crippen molar-refractivity contribution in [3.8, 4) is 0 Å². The Hall–Kier alpha value is -1.28. The molecule has 90 valence electrons. The van der Waals surface area contributed by atoms with E-state index >= 15 is 0 Å². The van der Waals surface area contributed by atoms with Gasteiger partial charge in [0.15, 0.2) is 5.11 Å². The van der Waals surface area contributed by atoms with Crippen molar-refractivity contribution < 1.29 is 0 Å². The van der Waals surface area contributed by atoms with E-state index < -0.39 is 0 Å². The summed E-state index contributed by atoms with van der Waals surface area (Å²) in [5.41, 5.74) is 8.53. The maximum absolute atomic E-state index is 11.0. The third kappa shape index (κ3) is 7.07. The van der Waals surface area contributed by atoms with Crippen LogP contribution in [0.3, 0.4) is 0 Å². The highest BCUT2D eigenvalue weighted by molar-refractivity contribution is 7.97. The Morgan fingerprint density at radius 2 is 2.12 bits per heavy atom. The van der Waals surface area contributed by atoms with E-state index in [1.807, 2.05) is 6.92 Å². The molecule has 0 atom stereocenters. The van der Waals surface area contributed by atoms with Crippen molar-refractivity contribution in [2.45, 2.75) is 13.3 Å². The number of nitrogens with two attached hydrogens (primary N) is 2. The lowest BCUT2D eigenvalue weighted by Gasteiger charge is -1.99. The van der Waals surface area contributed by atoms with E-state index in [0.717, 1.165) is 12.2 Å². The molecule has 0 saturated carbocycles. The lowest BCUT2D eigenvalue weighted by molar-refractivity contribution is 0.980. The summed E-state index contributed by atoms with van der Waals surface area (Å²) in [5, 5.41) is 0.000000000000000222. The standard InChI is InChI=1S/C7H10N2O2S.CH4N2S/c1-2-5-12-9-4-3-6(10)8-7(9)11;2-1(3)4/h3-4H,2,5H2,1H3,(H,8,10,11);(H4,2,3,4). The summed E-state index contributed by atoms with van der Waals surface area (Å²) in [6.07, 6.45) is 2.48. The highest BCUT2D eigenvalue weighted by Gasteiger charge is 1.94. The van der Waals surface area contributed by atoms with Crippen molar-refractivity contribution in [2.24, 2.45) is 11.5 Å². The van der Waals surface area contributed by atoms with Crippen LogP contribution in [-0.4, -0.2) is 19.8 Å². The molecule has 0 unspecified atom stereocenters. The first kappa shape index (κ1) is 14.7. The minimum absolute atomic E-state index is 0.000000000000000222. The van der Waals surface area contributed by atoms with E-state index in [9.17, 15) is 9.59 Å². The Labute approximate surface area is 102 Å². The van der Waals surface area contributed by atoms with E-state index in [2.05, 4.69) is 28.7 Å². The summed E-state index contributed by atoms with van der Waals surface area (Å²) < 4.78 is 1.42. The van der Waals surface area contributed by atoms with Crippen molar-refractivity contribution in [3.63, 3.8) is 0 Å². The third-order valence-electron chi connectivity index (χ3n) is 1.23. The first-order valence-corrected chi connectivity index (χ1v) is 5.82. The summed E-state index contributed by atoms with van der Waals surface area (Å²) in [4.78, 5) is 23.8. The van der Waals surface area contributed by atoms with Gasteiger partial charge in [0, 0.05) is 18.0 Å². The topological polar surface area (TPSA) is 107 Å². The van der Waals surface area contributed by atoms with Gasteiger partial charge in [-0.05, 0) is 30.6 Å². The lowest BCUT2D eigenvalue weighted by atomic mass is 10.6. The summed E-state index contributed by atoms with van der Waals surface area (Å²) in [6, 6.07) is 1.34. The van der Waals surface area contributed by atoms with Crippen molar-refractivity contribution in [1.29, 1.82) is 0 Å². The molecule has 8 heteroatoms. The fourth-order valence-electron chi connectivity index (χ4n) is 0.697. The van der Waals surface area contributed by atoms with E-state index in [1.54, 1.807) is 0 Å². The largest absolute Gasteiger partial charge is 0.377 e. The van der Waals surface area contributed by atoms with Crippen molar-refractivity contribution >= 4 is 29.3 Å². The van der Waals surface area contributed by atoms with Gasteiger partial charge in [0.25, 0.3) is 5.56 Å². The number of nitrogens with one attached hydrogen (secondary N) is 1. The number of rotatable bonds is 3. The molecule has 1 rings (SSSR count). The Morgan fingerprint density at radius 3 is 2.56 bits per heavy atom. The zero-order valence-electron chi connectivity index (χ0n) is 8.80. The van der Waals surface area contributed by atoms with E-state index in [0.29, 0.717) is 0 Å². The zero-order valence-corrected chi connectivity index (χ0v) is 10.4. The van der Waals surface area contributed by atoms with Gasteiger partial charge in [-0.1, -0.05) is 6.92 Å². The molecule has 16 heavy (non-hydrogen) atoms. The van der Waals surface area contributed by atoms with Gasteiger partial charge < -0.3 is 11.5 Å². The predicted octanol–water partition coefficient (Wildman–Crippen LogP) is -0.368. The van der Waals surface area contributed by atoms with Crippen LogP contribution in [0.2, 0.25) is 0 Å². The fourth-order valence-corrected chi connectivity index (χ4v) is 1.39. The van der Waals surface area contributed by atoms with Gasteiger partial charge in [0.2, 0.25) is 0 Å². The van der Waals surface area contributed by atoms with Crippen LogP contribution in [0, 0.1) is 0 Å². The summed E-state index contributed by atoms with van der Waals surface area (Å²) in [7, 11) is 0. The minimum Gasteiger partial charge on any atom is -0.377 e. The highest BCUT2D eigenvalue weighted by Crippen LogP contribution is 2.00. The lowest BCUT2D eigenvalue weighted by Crippen LogP contribution is -2.25. The number of aromatic nitrogens is 2. The van der Waals surface area contributed by atoms with Crippen LogP contribution >= 0.6 is 24.2 Å². The number of hydrogen-bond acceptors (Lipinski definition) is 4. The van der Waals surface area contributed by atoms with Crippen molar-refractivity contribution in [1.82, 2.24) is 8.96 Å². The van der Waals surface area contributed by atoms with Gasteiger partial charge in [-0.15, -0.1) is 0 Å². The molecule has 0 saturated heterocycles. The predicted molar refractivity (Wildman–Crippen MR) is 70.4 cm³/mol. The number of hydrogen-bond donors (Lipinski definition) is 3. The summed E-state index contributed by atoms with van der Waals surface area (Å²) >= 11 is 5.48. The van der Waals surface area contributed by atoms with Gasteiger partial charge in [0.1, 0.15) is 0 Å². The van der Waals surface area contributed by atoms with Crippen LogP contribution < -0.4 is 22.7 Å². The molecule has 0 aromatic carbocycles. The molecule has 0 aliphatic carbocycles. The van der Waals surface area contributed by atoms with Crippen LogP contribution in [0.4, 0.5) is 0 Å². The Bertz CT molecular complexity index is 436. The van der Waals surface area contributed by atoms with Crippen LogP contribution in [-0.2, 0) is 0 Å². The molecule has 5 N–H and O–H groups in total. The second kappa shape index (κ2) is 7.94. The normalized spacial score (nSPS) is 9.06. The number of thiocarbonyl (C=S) groups is 1. The zero-order chi connectivity index (χ0) is 12.6. The van der Waals surface area contributed by atoms with Gasteiger partial charge in [-0.3, -0.25) is 9.78 Å². The Morgan fingerprint density at radius 1 is 1.56 bits per heavy atom. The molecule has 0 aliphatic heterocycles. The maximum atomic E-state index is 11.0. The summed E-state index contributed by atoms with van der Waals surface area (Å²) in [6.45, 7) is 2.03. The molecule has 0 bridgehead atoms. The molecule has 1 heterocycles. The average molecular weight is 262 g/mol. The van der Waals surface area contributed by atoms with E-state index in [-0.39, 0.29) is 16.4 Å². The van der Waals surface area contributed by atoms with Gasteiger partial charge in [-0.25, -0.2) is 8.77 Å². The van der Waals surface area contributed by atoms with E-state index in [1.165, 1.54) is 28.2 Å². The smallest absolute Gasteiger partial charge is 0.338 e. The van der Waals surface area contributed by atoms with Gasteiger partial charge >= 0.3 is 5.69 Å². The fraction of sp³-hybridized carbons (Fsp3) is 0.375. The Balaban J connectivity index is 0.000000487. The first-order chi connectivity index (χ1) is 7.47. The molecule has 0 fully saturated rings. The Kier molecular flexibility index (Phi) is 7.31. The number of aromatic amines is 1. The monoisotopic (exact) mass is 262 g/mol. The van der Waals surface area contributed by atoms with Gasteiger partial charge in [0.05, 0.1) is 0 Å². The van der Waals surface area contributed by atoms with Gasteiger partial charge in [-0.2, -0.15) is 0 Å². The second-order valence-corrected chi connectivity index (χ2v) is 4.20. The maximum Gasteiger partial charge on any atom is 0.338 e. The number of nitrogens with zero attached hydrogens (tertiary/aromatic N) is 1. The van der Waals surface area contributed by atoms with Crippen LogP contribution in [0.5, 0.6) is 0 Å². The minimum atomic E-state index is -0.360.